The number of rotatable bonds is 6. The smallest absolute Gasteiger partial charge is 0.407 e. The first-order valence-corrected chi connectivity index (χ1v) is 8.54. The van der Waals surface area contributed by atoms with Crippen molar-refractivity contribution < 1.29 is 24.2 Å². The molecule has 1 amide bonds. The van der Waals surface area contributed by atoms with Crippen molar-refractivity contribution in [2.24, 2.45) is 0 Å². The Balaban J connectivity index is 2.26. The first kappa shape index (κ1) is 19.2. The van der Waals surface area contributed by atoms with Gasteiger partial charge in [-0.3, -0.25) is 0 Å². The van der Waals surface area contributed by atoms with Gasteiger partial charge < -0.3 is 19.9 Å². The Morgan fingerprint density at radius 1 is 1.32 bits per heavy atom. The van der Waals surface area contributed by atoms with Crippen LogP contribution in [0.5, 0.6) is 0 Å². The van der Waals surface area contributed by atoms with Gasteiger partial charge in [-0.05, 0) is 39.7 Å². The Morgan fingerprint density at radius 3 is 2.36 bits per heavy atom. The lowest BCUT2D eigenvalue weighted by atomic mass is 9.84. The van der Waals surface area contributed by atoms with Crippen LogP contribution in [0, 0.1) is 0 Å². The summed E-state index contributed by atoms with van der Waals surface area (Å²) in [5.41, 5.74) is -0.903. The highest BCUT2D eigenvalue weighted by Crippen LogP contribution is 2.43. The van der Waals surface area contributed by atoms with Crippen LogP contribution in [0.2, 0.25) is 0 Å². The number of ether oxygens (including phenoxy) is 2. The predicted molar refractivity (Wildman–Crippen MR) is 93.5 cm³/mol. The molecule has 2 rings (SSSR count). The van der Waals surface area contributed by atoms with E-state index in [1.54, 1.807) is 20.8 Å². The molecule has 1 aromatic carbocycles. The number of aliphatic carboxylic acids is 1. The molecule has 6 nitrogen and oxygen atoms in total. The van der Waals surface area contributed by atoms with Crippen molar-refractivity contribution in [3.63, 3.8) is 0 Å². The Kier molecular flexibility index (Phi) is 5.42. The number of carbonyl (C=O) groups excluding carboxylic acids is 1. The van der Waals surface area contributed by atoms with Crippen molar-refractivity contribution >= 4 is 12.1 Å². The van der Waals surface area contributed by atoms with E-state index in [2.05, 4.69) is 5.32 Å². The van der Waals surface area contributed by atoms with Gasteiger partial charge in [-0.2, -0.15) is 0 Å². The van der Waals surface area contributed by atoms with E-state index in [-0.39, 0.29) is 5.92 Å². The third-order valence-electron chi connectivity index (χ3n) is 4.39. The van der Waals surface area contributed by atoms with E-state index in [0.29, 0.717) is 0 Å². The van der Waals surface area contributed by atoms with Crippen molar-refractivity contribution in [1.82, 2.24) is 5.32 Å². The number of alkyl carbamates (subject to hydrolysis) is 1. The van der Waals surface area contributed by atoms with Crippen LogP contribution in [-0.2, 0) is 14.3 Å². The molecular formula is C19H27NO5. The van der Waals surface area contributed by atoms with Crippen LogP contribution in [0.15, 0.2) is 30.3 Å². The Bertz CT molecular complexity index is 624. The standard InChI is InChI=1S/C19H27NO5/c1-6-13(12-10-8-7-9-11-12)14(15-19(5,24-15)16(21)22)20-17(23)25-18(2,3)4/h7-11,13-15H,6H2,1-5H3,(H,20,23)(H,21,22). The predicted octanol–water partition coefficient (Wildman–Crippen LogP) is 3.32. The number of nitrogens with one attached hydrogen (secondary N) is 1. The van der Waals surface area contributed by atoms with E-state index in [1.165, 1.54) is 6.92 Å². The van der Waals surface area contributed by atoms with Gasteiger partial charge in [0.05, 0.1) is 6.04 Å². The fraction of sp³-hybridized carbons (Fsp3) is 0.579. The van der Waals surface area contributed by atoms with E-state index in [9.17, 15) is 14.7 Å². The molecule has 0 bridgehead atoms. The lowest BCUT2D eigenvalue weighted by molar-refractivity contribution is -0.142. The average Bonchev–Trinajstić information content (AvgIpc) is 3.20. The molecular weight excluding hydrogens is 322 g/mol. The third kappa shape index (κ3) is 4.51. The maximum absolute atomic E-state index is 12.3. The number of carboxylic acids is 1. The quantitative estimate of drug-likeness (QED) is 0.769. The summed E-state index contributed by atoms with van der Waals surface area (Å²) in [4.78, 5) is 23.8. The van der Waals surface area contributed by atoms with Crippen molar-refractivity contribution in [2.75, 3.05) is 0 Å². The van der Waals surface area contributed by atoms with Gasteiger partial charge in [-0.1, -0.05) is 37.3 Å². The van der Waals surface area contributed by atoms with Crippen molar-refractivity contribution in [2.45, 2.75) is 70.3 Å². The van der Waals surface area contributed by atoms with Gasteiger partial charge in [0.15, 0.2) is 5.60 Å². The van der Waals surface area contributed by atoms with Crippen LogP contribution in [0.25, 0.3) is 0 Å². The van der Waals surface area contributed by atoms with Crippen molar-refractivity contribution in [3.8, 4) is 0 Å². The highest BCUT2D eigenvalue weighted by atomic mass is 16.6. The first-order valence-electron chi connectivity index (χ1n) is 8.54. The summed E-state index contributed by atoms with van der Waals surface area (Å²) >= 11 is 0. The van der Waals surface area contributed by atoms with Crippen LogP contribution in [0.4, 0.5) is 4.79 Å². The van der Waals surface area contributed by atoms with E-state index < -0.39 is 35.4 Å². The SMILES string of the molecule is CCC(c1ccccc1)C(NC(=O)OC(C)(C)C)C1OC1(C)C(=O)O. The molecule has 0 aliphatic carbocycles. The highest BCUT2D eigenvalue weighted by molar-refractivity contribution is 5.81. The van der Waals surface area contributed by atoms with Crippen LogP contribution in [0.3, 0.4) is 0 Å². The molecule has 4 unspecified atom stereocenters. The molecule has 1 aromatic rings. The zero-order valence-electron chi connectivity index (χ0n) is 15.4. The summed E-state index contributed by atoms with van der Waals surface area (Å²) < 4.78 is 10.8. The van der Waals surface area contributed by atoms with Crippen LogP contribution in [0.1, 0.15) is 52.5 Å². The lowest BCUT2D eigenvalue weighted by Crippen LogP contribution is -2.47. The molecule has 0 spiro atoms. The number of hydrogen-bond acceptors (Lipinski definition) is 4. The van der Waals surface area contributed by atoms with Crippen molar-refractivity contribution in [1.29, 1.82) is 0 Å². The Hall–Kier alpha value is -2.08. The maximum Gasteiger partial charge on any atom is 0.407 e. The summed E-state index contributed by atoms with van der Waals surface area (Å²) in [6.45, 7) is 8.88. The molecule has 0 radical (unpaired) electrons. The van der Waals surface area contributed by atoms with Crippen LogP contribution >= 0.6 is 0 Å². The molecule has 1 aliphatic rings. The molecule has 2 N–H and O–H groups in total. The molecule has 1 fully saturated rings. The number of carboxylic acid groups (broad SMARTS) is 1. The lowest BCUT2D eigenvalue weighted by Gasteiger charge is -2.28. The van der Waals surface area contributed by atoms with Gasteiger partial charge in [0.2, 0.25) is 0 Å². The zero-order chi connectivity index (χ0) is 18.8. The minimum atomic E-state index is -1.29. The van der Waals surface area contributed by atoms with E-state index >= 15 is 0 Å². The normalized spacial score (nSPS) is 24.9. The average molecular weight is 349 g/mol. The van der Waals surface area contributed by atoms with E-state index in [1.807, 2.05) is 37.3 Å². The molecule has 4 atom stereocenters. The topological polar surface area (TPSA) is 88.2 Å². The summed E-state index contributed by atoms with van der Waals surface area (Å²) in [6, 6.07) is 9.21. The Morgan fingerprint density at radius 2 is 1.92 bits per heavy atom. The Labute approximate surface area is 148 Å². The van der Waals surface area contributed by atoms with Gasteiger partial charge in [0.25, 0.3) is 0 Å². The minimum Gasteiger partial charge on any atom is -0.479 e. The second-order valence-corrected chi connectivity index (χ2v) is 7.55. The number of amides is 1. The number of benzene rings is 1. The van der Waals surface area contributed by atoms with Crippen LogP contribution in [-0.4, -0.2) is 40.5 Å². The van der Waals surface area contributed by atoms with Gasteiger partial charge in [-0.25, -0.2) is 9.59 Å². The fourth-order valence-electron chi connectivity index (χ4n) is 3.05. The van der Waals surface area contributed by atoms with Crippen molar-refractivity contribution in [3.05, 3.63) is 35.9 Å². The molecule has 1 aliphatic heterocycles. The maximum atomic E-state index is 12.3. The number of hydrogen-bond donors (Lipinski definition) is 2. The van der Waals surface area contributed by atoms with Gasteiger partial charge in [0.1, 0.15) is 11.7 Å². The number of epoxide rings is 1. The van der Waals surface area contributed by atoms with Crippen LogP contribution < -0.4 is 5.32 Å². The minimum absolute atomic E-state index is 0.0834. The van der Waals surface area contributed by atoms with E-state index in [0.717, 1.165) is 12.0 Å². The second kappa shape index (κ2) is 7.04. The highest BCUT2D eigenvalue weighted by Gasteiger charge is 2.64. The molecule has 138 valence electrons. The number of carbonyl (C=O) groups is 2. The molecule has 25 heavy (non-hydrogen) atoms. The summed E-state index contributed by atoms with van der Waals surface area (Å²) in [7, 11) is 0. The monoisotopic (exact) mass is 349 g/mol. The largest absolute Gasteiger partial charge is 0.479 e. The molecule has 1 heterocycles. The summed E-state index contributed by atoms with van der Waals surface area (Å²) in [5, 5.41) is 12.3. The van der Waals surface area contributed by atoms with Gasteiger partial charge in [-0.15, -0.1) is 0 Å². The molecule has 0 saturated carbocycles. The summed E-state index contributed by atoms with van der Waals surface area (Å²) in [5.74, 6) is -1.11. The molecule has 6 heteroatoms. The summed E-state index contributed by atoms with van der Waals surface area (Å²) in [6.07, 6.45) is -0.460. The molecule has 1 saturated heterocycles. The first-order chi connectivity index (χ1) is 11.6. The van der Waals surface area contributed by atoms with E-state index in [4.69, 9.17) is 9.47 Å². The molecule has 0 aromatic heterocycles. The van der Waals surface area contributed by atoms with Gasteiger partial charge >= 0.3 is 12.1 Å². The zero-order valence-corrected chi connectivity index (χ0v) is 15.4. The fourth-order valence-corrected chi connectivity index (χ4v) is 3.05. The third-order valence-corrected chi connectivity index (χ3v) is 4.39. The second-order valence-electron chi connectivity index (χ2n) is 7.55. The van der Waals surface area contributed by atoms with Gasteiger partial charge in [0, 0.05) is 5.92 Å².